The molecular weight excluding hydrogens is 468 g/mol. The number of nitrogens with one attached hydrogen (secondary N) is 2. The summed E-state index contributed by atoms with van der Waals surface area (Å²) in [5, 5.41) is 3.37. The van der Waals surface area contributed by atoms with E-state index >= 15 is 0 Å². The molecule has 5 nitrogen and oxygen atoms in total. The average Bonchev–Trinajstić information content (AvgIpc) is 2.85. The fourth-order valence-corrected chi connectivity index (χ4v) is 4.53. The van der Waals surface area contributed by atoms with E-state index in [1.807, 2.05) is 48.5 Å². The molecule has 0 aromatic heterocycles. The minimum absolute atomic E-state index is 0.0873. The highest BCUT2D eigenvalue weighted by atomic mass is 35.5. The Balaban J connectivity index is 1.57. The molecule has 0 atom stereocenters. The molecule has 0 aliphatic rings. The summed E-state index contributed by atoms with van der Waals surface area (Å²) in [5.41, 5.74) is 2.80. The summed E-state index contributed by atoms with van der Waals surface area (Å²) in [6.45, 7) is 0. The molecule has 0 unspecified atom stereocenters. The van der Waals surface area contributed by atoms with Crippen molar-refractivity contribution < 1.29 is 13.2 Å². The van der Waals surface area contributed by atoms with Crippen molar-refractivity contribution in [3.63, 3.8) is 0 Å². The third-order valence-corrected chi connectivity index (χ3v) is 6.72. The lowest BCUT2D eigenvalue weighted by molar-refractivity contribution is -0.111. The lowest BCUT2D eigenvalue weighted by Crippen LogP contribution is -2.15. The number of sulfonamides is 1. The van der Waals surface area contributed by atoms with Gasteiger partial charge in [0.15, 0.2) is 0 Å². The number of benzene rings is 4. The molecule has 4 aromatic rings. The molecule has 0 saturated heterocycles. The molecule has 4 rings (SSSR count). The minimum Gasteiger partial charge on any atom is -0.322 e. The van der Waals surface area contributed by atoms with E-state index in [0.717, 1.165) is 5.56 Å². The lowest BCUT2D eigenvalue weighted by Gasteiger charge is -2.12. The van der Waals surface area contributed by atoms with Gasteiger partial charge < -0.3 is 5.32 Å². The van der Waals surface area contributed by atoms with Crippen LogP contribution in [0.15, 0.2) is 114 Å². The van der Waals surface area contributed by atoms with Gasteiger partial charge in [-0.05, 0) is 59.7 Å². The molecule has 7 heteroatoms. The van der Waals surface area contributed by atoms with Crippen LogP contribution in [-0.4, -0.2) is 14.3 Å². The van der Waals surface area contributed by atoms with E-state index in [1.165, 1.54) is 12.1 Å². The van der Waals surface area contributed by atoms with Gasteiger partial charge in [-0.3, -0.25) is 9.52 Å². The van der Waals surface area contributed by atoms with Crippen LogP contribution in [0.2, 0.25) is 5.02 Å². The number of hydrogen-bond acceptors (Lipinski definition) is 3. The van der Waals surface area contributed by atoms with Crippen molar-refractivity contribution in [3.05, 3.63) is 125 Å². The molecule has 0 bridgehead atoms. The molecule has 0 aliphatic heterocycles. The summed E-state index contributed by atoms with van der Waals surface area (Å²) in [4.78, 5) is 13.3. The standard InChI is InChI=1S/C27H21ClN2O3S/c28-26-14-8-7-11-21(26)19-25(20-9-3-1-4-10-20)27(31)29-22-15-17-24(18-16-22)34(32,33)30-23-12-5-2-6-13-23/h1-19,30H,(H,29,31). The van der Waals surface area contributed by atoms with E-state index < -0.39 is 10.0 Å². The molecule has 170 valence electrons. The van der Waals surface area contributed by atoms with Crippen LogP contribution in [0.5, 0.6) is 0 Å². The Hall–Kier alpha value is -3.87. The van der Waals surface area contributed by atoms with Crippen LogP contribution in [-0.2, 0) is 14.8 Å². The summed E-state index contributed by atoms with van der Waals surface area (Å²) in [5.74, 6) is -0.343. The van der Waals surface area contributed by atoms with Gasteiger partial charge in [-0.1, -0.05) is 78.3 Å². The molecule has 0 radical (unpaired) electrons. The van der Waals surface area contributed by atoms with Gasteiger partial charge in [0, 0.05) is 22.0 Å². The molecule has 0 heterocycles. The quantitative estimate of drug-likeness (QED) is 0.236. The normalized spacial score (nSPS) is 11.6. The van der Waals surface area contributed by atoms with E-state index in [4.69, 9.17) is 11.6 Å². The first kappa shape index (κ1) is 23.3. The highest BCUT2D eigenvalue weighted by Crippen LogP contribution is 2.25. The van der Waals surface area contributed by atoms with Crippen molar-refractivity contribution in [1.82, 2.24) is 0 Å². The molecule has 0 aliphatic carbocycles. The molecule has 0 spiro atoms. The van der Waals surface area contributed by atoms with Gasteiger partial charge in [0.05, 0.1) is 4.90 Å². The summed E-state index contributed by atoms with van der Waals surface area (Å²) in [7, 11) is -3.75. The van der Waals surface area contributed by atoms with Gasteiger partial charge in [-0.25, -0.2) is 8.42 Å². The van der Waals surface area contributed by atoms with Gasteiger partial charge >= 0.3 is 0 Å². The largest absolute Gasteiger partial charge is 0.322 e. The second-order valence-electron chi connectivity index (χ2n) is 7.40. The summed E-state index contributed by atoms with van der Waals surface area (Å²) >= 11 is 6.30. The van der Waals surface area contributed by atoms with Crippen LogP contribution < -0.4 is 10.0 Å². The third-order valence-electron chi connectivity index (χ3n) is 4.98. The maximum absolute atomic E-state index is 13.2. The second-order valence-corrected chi connectivity index (χ2v) is 9.49. The van der Waals surface area contributed by atoms with Gasteiger partial charge in [-0.15, -0.1) is 0 Å². The second kappa shape index (κ2) is 10.4. The van der Waals surface area contributed by atoms with Gasteiger partial charge in [0.1, 0.15) is 0 Å². The highest BCUT2D eigenvalue weighted by Gasteiger charge is 2.16. The van der Waals surface area contributed by atoms with Crippen molar-refractivity contribution >= 4 is 50.6 Å². The van der Waals surface area contributed by atoms with E-state index in [-0.39, 0.29) is 10.8 Å². The Bertz CT molecular complexity index is 1420. The monoisotopic (exact) mass is 488 g/mol. The van der Waals surface area contributed by atoms with Gasteiger partial charge in [-0.2, -0.15) is 0 Å². The van der Waals surface area contributed by atoms with Crippen molar-refractivity contribution in [2.45, 2.75) is 4.90 Å². The van der Waals surface area contributed by atoms with Gasteiger partial charge in [0.25, 0.3) is 15.9 Å². The molecule has 0 fully saturated rings. The SMILES string of the molecule is O=C(Nc1ccc(S(=O)(=O)Nc2ccccc2)cc1)C(=Cc1ccccc1Cl)c1ccccc1. The first-order chi connectivity index (χ1) is 16.4. The maximum Gasteiger partial charge on any atom is 0.261 e. The number of halogens is 1. The Morgan fingerprint density at radius 2 is 1.29 bits per heavy atom. The van der Waals surface area contributed by atoms with Crippen molar-refractivity contribution in [3.8, 4) is 0 Å². The smallest absolute Gasteiger partial charge is 0.261 e. The van der Waals surface area contributed by atoms with E-state index in [9.17, 15) is 13.2 Å². The van der Waals surface area contributed by atoms with Crippen molar-refractivity contribution in [2.75, 3.05) is 10.0 Å². The molecule has 1 amide bonds. The zero-order chi connectivity index (χ0) is 24.0. The number of hydrogen-bond donors (Lipinski definition) is 2. The van der Waals surface area contributed by atoms with Gasteiger partial charge in [0.2, 0.25) is 0 Å². The third kappa shape index (κ3) is 5.73. The average molecular weight is 489 g/mol. The Morgan fingerprint density at radius 1 is 0.706 bits per heavy atom. The molecular formula is C27H21ClN2O3S. The zero-order valence-corrected chi connectivity index (χ0v) is 19.6. The maximum atomic E-state index is 13.2. The van der Waals surface area contributed by atoms with E-state index in [1.54, 1.807) is 54.6 Å². The Labute approximate surface area is 203 Å². The Morgan fingerprint density at radius 3 is 1.94 bits per heavy atom. The molecule has 34 heavy (non-hydrogen) atoms. The number of carbonyl (C=O) groups is 1. The topological polar surface area (TPSA) is 75.3 Å². The van der Waals surface area contributed by atoms with E-state index in [2.05, 4.69) is 10.0 Å². The molecule has 0 saturated carbocycles. The summed E-state index contributed by atoms with van der Waals surface area (Å²) < 4.78 is 27.8. The molecule has 2 N–H and O–H groups in total. The Kier molecular flexibility index (Phi) is 7.11. The number of carbonyl (C=O) groups excluding carboxylic acids is 1. The van der Waals surface area contributed by atoms with Crippen LogP contribution in [0, 0.1) is 0 Å². The predicted molar refractivity (Wildman–Crippen MR) is 138 cm³/mol. The zero-order valence-electron chi connectivity index (χ0n) is 18.0. The van der Waals surface area contributed by atoms with Crippen LogP contribution in [0.3, 0.4) is 0 Å². The number of rotatable bonds is 7. The van der Waals surface area contributed by atoms with Crippen LogP contribution >= 0.6 is 11.6 Å². The minimum atomic E-state index is -3.75. The number of anilines is 2. The highest BCUT2D eigenvalue weighted by molar-refractivity contribution is 7.92. The fourth-order valence-electron chi connectivity index (χ4n) is 3.28. The number of amides is 1. The predicted octanol–water partition coefficient (Wildman–Crippen LogP) is 6.32. The first-order valence-corrected chi connectivity index (χ1v) is 12.3. The van der Waals surface area contributed by atoms with Crippen LogP contribution in [0.25, 0.3) is 11.6 Å². The fraction of sp³-hybridized carbons (Fsp3) is 0. The summed E-state index contributed by atoms with van der Waals surface area (Å²) in [6.07, 6.45) is 1.73. The van der Waals surface area contributed by atoms with Crippen LogP contribution in [0.4, 0.5) is 11.4 Å². The summed E-state index contributed by atoms with van der Waals surface area (Å²) in [6, 6.07) is 31.1. The lowest BCUT2D eigenvalue weighted by atomic mass is 10.0. The van der Waals surface area contributed by atoms with Crippen molar-refractivity contribution in [2.24, 2.45) is 0 Å². The molecule has 4 aromatic carbocycles. The van der Waals surface area contributed by atoms with Crippen molar-refractivity contribution in [1.29, 1.82) is 0 Å². The van der Waals surface area contributed by atoms with E-state index in [0.29, 0.717) is 27.5 Å². The van der Waals surface area contributed by atoms with Crippen LogP contribution in [0.1, 0.15) is 11.1 Å². The first-order valence-electron chi connectivity index (χ1n) is 10.4. The number of para-hydroxylation sites is 1.